The van der Waals surface area contributed by atoms with Crippen molar-refractivity contribution in [3.05, 3.63) is 30.1 Å². The van der Waals surface area contributed by atoms with Gasteiger partial charge in [-0.05, 0) is 49.3 Å². The van der Waals surface area contributed by atoms with E-state index in [9.17, 15) is 0 Å². The Labute approximate surface area is 167 Å². The zero-order valence-electron chi connectivity index (χ0n) is 15.5. The van der Waals surface area contributed by atoms with E-state index >= 15 is 0 Å². The number of aliphatic imine (C=N–C) groups is 1. The molecule has 0 radical (unpaired) electrons. The Kier molecular flexibility index (Phi) is 7.10. The van der Waals surface area contributed by atoms with E-state index in [2.05, 4.69) is 53.2 Å². The van der Waals surface area contributed by atoms with Gasteiger partial charge in [-0.15, -0.1) is 24.0 Å². The topological polar surface area (TPSA) is 56.3 Å². The smallest absolute Gasteiger partial charge is 0.193 e. The molecule has 5 nitrogen and oxygen atoms in total. The van der Waals surface area contributed by atoms with Gasteiger partial charge in [-0.3, -0.25) is 4.99 Å². The summed E-state index contributed by atoms with van der Waals surface area (Å²) in [4.78, 5) is 14.9. The molecule has 1 unspecified atom stereocenters. The minimum Gasteiger partial charge on any atom is -0.357 e. The fourth-order valence-electron chi connectivity index (χ4n) is 3.42. The molecule has 0 aromatic carbocycles. The Morgan fingerprint density at radius 2 is 2.28 bits per heavy atom. The monoisotopic (exact) mass is 455 g/mol. The van der Waals surface area contributed by atoms with Crippen LogP contribution >= 0.6 is 24.0 Å². The molecule has 0 spiro atoms. The number of rotatable bonds is 5. The van der Waals surface area contributed by atoms with Gasteiger partial charge < -0.3 is 15.2 Å². The fraction of sp³-hybridized carbons (Fsp3) is 0.579. The van der Waals surface area contributed by atoms with Gasteiger partial charge >= 0.3 is 0 Å². The van der Waals surface area contributed by atoms with Crippen LogP contribution in [0.15, 0.2) is 29.5 Å². The van der Waals surface area contributed by atoms with Crippen LogP contribution in [0.3, 0.4) is 0 Å². The predicted molar refractivity (Wildman–Crippen MR) is 116 cm³/mol. The summed E-state index contributed by atoms with van der Waals surface area (Å²) in [6, 6.07) is 4.11. The van der Waals surface area contributed by atoms with E-state index in [-0.39, 0.29) is 24.0 Å². The molecule has 25 heavy (non-hydrogen) atoms. The lowest BCUT2D eigenvalue weighted by Gasteiger charge is -2.25. The molecule has 2 aromatic rings. The maximum absolute atomic E-state index is 4.87. The first-order valence-electron chi connectivity index (χ1n) is 9.09. The van der Waals surface area contributed by atoms with Crippen molar-refractivity contribution in [3.8, 4) is 0 Å². The first kappa shape index (κ1) is 20.0. The number of aromatic nitrogens is 2. The van der Waals surface area contributed by atoms with Gasteiger partial charge in [0.15, 0.2) is 5.96 Å². The second-order valence-electron chi connectivity index (χ2n) is 7.03. The van der Waals surface area contributed by atoms with Crippen LogP contribution in [0.5, 0.6) is 0 Å². The van der Waals surface area contributed by atoms with Gasteiger partial charge in [-0.1, -0.05) is 13.8 Å². The highest BCUT2D eigenvalue weighted by Crippen LogP contribution is 2.32. The molecule has 2 N–H and O–H groups in total. The summed E-state index contributed by atoms with van der Waals surface area (Å²) in [5, 5.41) is 4.67. The highest BCUT2D eigenvalue weighted by Gasteiger charge is 2.33. The third-order valence-electron chi connectivity index (χ3n) is 5.23. The number of likely N-dealkylation sites (tertiary alicyclic amines) is 1. The Bertz CT molecular complexity index is 711. The Morgan fingerprint density at radius 1 is 1.44 bits per heavy atom. The summed E-state index contributed by atoms with van der Waals surface area (Å²) >= 11 is 0. The molecule has 0 aliphatic carbocycles. The van der Waals surface area contributed by atoms with Crippen LogP contribution < -0.4 is 5.32 Å². The number of aromatic amines is 1. The molecule has 1 saturated heterocycles. The first-order chi connectivity index (χ1) is 11.6. The van der Waals surface area contributed by atoms with Crippen LogP contribution in [0.1, 0.15) is 39.2 Å². The van der Waals surface area contributed by atoms with E-state index in [0.29, 0.717) is 5.41 Å². The summed E-state index contributed by atoms with van der Waals surface area (Å²) in [6.45, 7) is 10.7. The molecule has 0 amide bonds. The third kappa shape index (κ3) is 4.65. The zero-order chi connectivity index (χ0) is 17.0. The van der Waals surface area contributed by atoms with Gasteiger partial charge in [-0.2, -0.15) is 0 Å². The third-order valence-corrected chi connectivity index (χ3v) is 5.23. The van der Waals surface area contributed by atoms with E-state index in [1.165, 1.54) is 23.8 Å². The number of guanidine groups is 1. The minimum absolute atomic E-state index is 0. The summed E-state index contributed by atoms with van der Waals surface area (Å²) < 4.78 is 0. The summed E-state index contributed by atoms with van der Waals surface area (Å²) in [6.07, 6.45) is 7.29. The minimum atomic E-state index is 0. The number of hydrogen-bond donors (Lipinski definition) is 2. The summed E-state index contributed by atoms with van der Waals surface area (Å²) in [7, 11) is 0. The predicted octanol–water partition coefficient (Wildman–Crippen LogP) is 3.81. The van der Waals surface area contributed by atoms with Crippen molar-refractivity contribution in [1.82, 2.24) is 20.2 Å². The molecule has 0 bridgehead atoms. The lowest BCUT2D eigenvalue weighted by molar-refractivity contribution is 0.322. The van der Waals surface area contributed by atoms with Gasteiger partial charge in [0, 0.05) is 44.0 Å². The van der Waals surface area contributed by atoms with Crippen LogP contribution in [-0.2, 0) is 6.42 Å². The zero-order valence-corrected chi connectivity index (χ0v) is 17.8. The van der Waals surface area contributed by atoms with E-state index in [1.54, 1.807) is 0 Å². The maximum atomic E-state index is 4.87. The number of hydrogen-bond acceptors (Lipinski definition) is 2. The Hall–Kier alpha value is -1.31. The quantitative estimate of drug-likeness (QED) is 0.410. The molecule has 2 aromatic heterocycles. The molecule has 1 atom stereocenters. The van der Waals surface area contributed by atoms with Crippen LogP contribution in [-0.4, -0.2) is 47.0 Å². The SMILES string of the molecule is CCNC(=NCCc1c[nH]c2ncccc12)N1CCC(C)(CC)C1.I. The molecular weight excluding hydrogens is 425 g/mol. The molecule has 1 aliphatic heterocycles. The van der Waals surface area contributed by atoms with Crippen molar-refractivity contribution in [3.63, 3.8) is 0 Å². The average molecular weight is 455 g/mol. The number of H-pyrrole nitrogens is 1. The second kappa shape index (κ2) is 8.87. The highest BCUT2D eigenvalue weighted by atomic mass is 127. The lowest BCUT2D eigenvalue weighted by Crippen LogP contribution is -2.41. The van der Waals surface area contributed by atoms with Crippen molar-refractivity contribution >= 4 is 41.0 Å². The number of pyridine rings is 1. The first-order valence-corrected chi connectivity index (χ1v) is 9.09. The second-order valence-corrected chi connectivity index (χ2v) is 7.03. The van der Waals surface area contributed by atoms with Gasteiger partial charge in [0.05, 0.1) is 0 Å². The fourth-order valence-corrected chi connectivity index (χ4v) is 3.42. The number of nitrogens with one attached hydrogen (secondary N) is 2. The van der Waals surface area contributed by atoms with Gasteiger partial charge in [0.1, 0.15) is 5.65 Å². The van der Waals surface area contributed by atoms with Crippen molar-refractivity contribution in [1.29, 1.82) is 0 Å². The van der Waals surface area contributed by atoms with E-state index in [1.807, 2.05) is 12.3 Å². The van der Waals surface area contributed by atoms with Crippen LogP contribution in [0, 0.1) is 5.41 Å². The number of halogens is 1. The molecule has 138 valence electrons. The molecule has 3 heterocycles. The van der Waals surface area contributed by atoms with Crippen LogP contribution in [0.25, 0.3) is 11.0 Å². The van der Waals surface area contributed by atoms with E-state index < -0.39 is 0 Å². The standard InChI is InChI=1S/C19H29N5.HI/c1-4-19(3)9-12-24(14-19)18(20-5-2)22-11-8-15-13-23-17-16(15)7-6-10-21-17;/h6-7,10,13H,4-5,8-9,11-12,14H2,1-3H3,(H,20,22)(H,21,23);1H. The Balaban J connectivity index is 0.00000225. The van der Waals surface area contributed by atoms with Crippen molar-refractivity contribution in [2.24, 2.45) is 10.4 Å². The van der Waals surface area contributed by atoms with Gasteiger partial charge in [0.25, 0.3) is 0 Å². The normalized spacial score (nSPS) is 20.8. The van der Waals surface area contributed by atoms with Crippen molar-refractivity contribution < 1.29 is 0 Å². The summed E-state index contributed by atoms with van der Waals surface area (Å²) in [5.74, 6) is 1.06. The molecule has 3 rings (SSSR count). The summed E-state index contributed by atoms with van der Waals surface area (Å²) in [5.41, 5.74) is 2.68. The number of nitrogens with zero attached hydrogens (tertiary/aromatic N) is 3. The largest absolute Gasteiger partial charge is 0.357 e. The molecule has 0 saturated carbocycles. The average Bonchev–Trinajstić information content (AvgIpc) is 3.19. The van der Waals surface area contributed by atoms with Crippen LogP contribution in [0.4, 0.5) is 0 Å². The van der Waals surface area contributed by atoms with Crippen LogP contribution in [0.2, 0.25) is 0 Å². The van der Waals surface area contributed by atoms with Gasteiger partial charge in [-0.25, -0.2) is 4.98 Å². The Morgan fingerprint density at radius 3 is 3.00 bits per heavy atom. The van der Waals surface area contributed by atoms with Crippen molar-refractivity contribution in [2.45, 2.75) is 40.0 Å². The molecule has 1 fully saturated rings. The van der Waals surface area contributed by atoms with E-state index in [4.69, 9.17) is 4.99 Å². The molecule has 1 aliphatic rings. The highest BCUT2D eigenvalue weighted by molar-refractivity contribution is 14.0. The maximum Gasteiger partial charge on any atom is 0.193 e. The molecule has 6 heteroatoms. The lowest BCUT2D eigenvalue weighted by atomic mass is 9.87. The van der Waals surface area contributed by atoms with E-state index in [0.717, 1.165) is 44.2 Å². The van der Waals surface area contributed by atoms with Gasteiger partial charge in [0.2, 0.25) is 0 Å². The van der Waals surface area contributed by atoms with Crippen molar-refractivity contribution in [2.75, 3.05) is 26.2 Å². The number of fused-ring (bicyclic) bond motifs is 1. The molecular formula is C19H30IN5.